The van der Waals surface area contributed by atoms with Gasteiger partial charge in [0.1, 0.15) is 5.82 Å². The molecule has 2 rings (SSSR count). The molecule has 7 heteroatoms. The zero-order valence-electron chi connectivity index (χ0n) is 10.5. The van der Waals surface area contributed by atoms with Crippen molar-refractivity contribution in [3.05, 3.63) is 23.4 Å². The molecule has 3 nitrogen and oxygen atoms in total. The van der Waals surface area contributed by atoms with Crippen LogP contribution in [0.15, 0.2) is 12.3 Å². The highest BCUT2D eigenvalue weighted by atomic mass is 35.5. The fourth-order valence-electron chi connectivity index (χ4n) is 2.22. The van der Waals surface area contributed by atoms with Crippen LogP contribution in [0, 0.1) is 6.92 Å². The number of aromatic nitrogens is 1. The zero-order valence-corrected chi connectivity index (χ0v) is 11.3. The Morgan fingerprint density at radius 2 is 2.05 bits per heavy atom. The Bertz CT molecular complexity index is 437. The number of nitrogens with one attached hydrogen (secondary N) is 1. The number of hydrogen-bond acceptors (Lipinski definition) is 3. The van der Waals surface area contributed by atoms with Crippen molar-refractivity contribution >= 4 is 18.2 Å². The summed E-state index contributed by atoms with van der Waals surface area (Å²) >= 11 is 0. The molecule has 0 aromatic carbocycles. The van der Waals surface area contributed by atoms with E-state index in [4.69, 9.17) is 5.73 Å². The molecule has 1 aromatic rings. The Morgan fingerprint density at radius 1 is 1.37 bits per heavy atom. The smallest absolute Gasteiger partial charge is 0.366 e. The molecule has 2 unspecified atom stereocenters. The molecule has 0 aliphatic heterocycles. The van der Waals surface area contributed by atoms with E-state index in [-0.39, 0.29) is 24.5 Å². The number of pyridine rings is 1. The minimum Gasteiger partial charge on any atom is -0.366 e. The van der Waals surface area contributed by atoms with Crippen molar-refractivity contribution in [2.45, 2.75) is 44.4 Å². The number of anilines is 1. The van der Waals surface area contributed by atoms with Crippen LogP contribution in [0.4, 0.5) is 19.0 Å². The molecular weight excluding hydrogens is 279 g/mol. The average molecular weight is 296 g/mol. The first kappa shape index (κ1) is 16.0. The summed E-state index contributed by atoms with van der Waals surface area (Å²) in [4.78, 5) is 3.86. The first-order valence-electron chi connectivity index (χ1n) is 5.94. The van der Waals surface area contributed by atoms with E-state index in [9.17, 15) is 13.2 Å². The summed E-state index contributed by atoms with van der Waals surface area (Å²) < 4.78 is 37.5. The van der Waals surface area contributed by atoms with Crippen LogP contribution < -0.4 is 11.1 Å². The van der Waals surface area contributed by atoms with Crippen LogP contribution in [0.2, 0.25) is 0 Å². The predicted molar refractivity (Wildman–Crippen MR) is 70.5 cm³/mol. The van der Waals surface area contributed by atoms with Gasteiger partial charge >= 0.3 is 6.18 Å². The van der Waals surface area contributed by atoms with Crippen molar-refractivity contribution in [3.63, 3.8) is 0 Å². The molecule has 1 aliphatic rings. The van der Waals surface area contributed by atoms with E-state index in [1.54, 1.807) is 6.92 Å². The number of hydrogen-bond donors (Lipinski definition) is 2. The van der Waals surface area contributed by atoms with Crippen molar-refractivity contribution in [3.8, 4) is 0 Å². The van der Waals surface area contributed by atoms with Crippen molar-refractivity contribution < 1.29 is 13.2 Å². The van der Waals surface area contributed by atoms with Gasteiger partial charge in [-0.05, 0) is 37.8 Å². The van der Waals surface area contributed by atoms with Gasteiger partial charge in [-0.15, -0.1) is 12.4 Å². The lowest BCUT2D eigenvalue weighted by Crippen LogP contribution is -2.35. The Hall–Kier alpha value is -1.01. The fourth-order valence-corrected chi connectivity index (χ4v) is 2.22. The molecule has 0 saturated heterocycles. The van der Waals surface area contributed by atoms with Gasteiger partial charge in [-0.1, -0.05) is 0 Å². The maximum absolute atomic E-state index is 12.5. The van der Waals surface area contributed by atoms with E-state index in [0.29, 0.717) is 11.4 Å². The van der Waals surface area contributed by atoms with Gasteiger partial charge in [0, 0.05) is 18.3 Å². The molecule has 19 heavy (non-hydrogen) atoms. The third kappa shape index (κ3) is 3.73. The van der Waals surface area contributed by atoms with Crippen LogP contribution in [0.3, 0.4) is 0 Å². The average Bonchev–Trinajstić information content (AvgIpc) is 2.66. The third-order valence-corrected chi connectivity index (χ3v) is 3.30. The second-order valence-electron chi connectivity index (χ2n) is 4.73. The maximum Gasteiger partial charge on any atom is 0.417 e. The molecule has 1 aliphatic carbocycles. The zero-order chi connectivity index (χ0) is 13.3. The molecule has 2 atom stereocenters. The van der Waals surface area contributed by atoms with E-state index in [1.807, 2.05) is 0 Å². The molecule has 0 spiro atoms. The van der Waals surface area contributed by atoms with Crippen molar-refractivity contribution in [2.24, 2.45) is 5.73 Å². The lowest BCUT2D eigenvalue weighted by Gasteiger charge is -2.19. The molecule has 1 aromatic heterocycles. The van der Waals surface area contributed by atoms with Crippen molar-refractivity contribution in [1.82, 2.24) is 4.98 Å². The number of nitrogens with zero attached hydrogens (tertiary/aromatic N) is 1. The Kier molecular flexibility index (Phi) is 5.04. The first-order valence-corrected chi connectivity index (χ1v) is 5.94. The standard InChI is InChI=1S/C12H16F3N3.ClH/c1-7-5-8(12(13,14)15)6-17-11(7)18-10-4-2-3-9(10)16;/h5-6,9-10H,2-4,16H2,1H3,(H,17,18);1H. The van der Waals surface area contributed by atoms with E-state index in [1.165, 1.54) is 0 Å². The Balaban J connectivity index is 0.00000180. The highest BCUT2D eigenvalue weighted by molar-refractivity contribution is 5.85. The molecule has 1 fully saturated rings. The van der Waals surface area contributed by atoms with Crippen LogP contribution in [-0.2, 0) is 6.18 Å². The second kappa shape index (κ2) is 5.96. The van der Waals surface area contributed by atoms with Crippen LogP contribution in [0.1, 0.15) is 30.4 Å². The van der Waals surface area contributed by atoms with Gasteiger partial charge in [-0.25, -0.2) is 4.98 Å². The van der Waals surface area contributed by atoms with Crippen molar-refractivity contribution in [2.75, 3.05) is 5.32 Å². The molecule has 1 heterocycles. The number of halogens is 4. The summed E-state index contributed by atoms with van der Waals surface area (Å²) in [5.74, 6) is 0.491. The second-order valence-corrected chi connectivity index (χ2v) is 4.73. The number of nitrogens with two attached hydrogens (primary N) is 1. The number of aryl methyl sites for hydroxylation is 1. The molecule has 0 radical (unpaired) electrons. The van der Waals surface area contributed by atoms with Gasteiger partial charge < -0.3 is 11.1 Å². The number of alkyl halides is 3. The fraction of sp³-hybridized carbons (Fsp3) is 0.583. The number of rotatable bonds is 2. The van der Waals surface area contributed by atoms with Crippen LogP contribution in [-0.4, -0.2) is 17.1 Å². The summed E-state index contributed by atoms with van der Waals surface area (Å²) in [5.41, 5.74) is 5.67. The molecule has 0 bridgehead atoms. The predicted octanol–water partition coefficient (Wildman–Crippen LogP) is 3.12. The summed E-state index contributed by atoms with van der Waals surface area (Å²) in [6, 6.07) is 1.26. The lowest BCUT2D eigenvalue weighted by atomic mass is 10.1. The topological polar surface area (TPSA) is 50.9 Å². The van der Waals surface area contributed by atoms with Gasteiger partial charge in [-0.2, -0.15) is 13.2 Å². The monoisotopic (exact) mass is 295 g/mol. The van der Waals surface area contributed by atoms with E-state index in [2.05, 4.69) is 10.3 Å². The van der Waals surface area contributed by atoms with Gasteiger partial charge in [0.05, 0.1) is 5.56 Å². The van der Waals surface area contributed by atoms with E-state index in [0.717, 1.165) is 31.5 Å². The van der Waals surface area contributed by atoms with Crippen LogP contribution >= 0.6 is 12.4 Å². The molecule has 1 saturated carbocycles. The minimum absolute atomic E-state index is 0. The van der Waals surface area contributed by atoms with E-state index >= 15 is 0 Å². The van der Waals surface area contributed by atoms with Gasteiger partial charge in [0.25, 0.3) is 0 Å². The minimum atomic E-state index is -4.35. The van der Waals surface area contributed by atoms with E-state index < -0.39 is 11.7 Å². The quantitative estimate of drug-likeness (QED) is 0.881. The molecule has 108 valence electrons. The van der Waals surface area contributed by atoms with Crippen LogP contribution in [0.5, 0.6) is 0 Å². The largest absolute Gasteiger partial charge is 0.417 e. The van der Waals surface area contributed by atoms with Crippen LogP contribution in [0.25, 0.3) is 0 Å². The highest BCUT2D eigenvalue weighted by Crippen LogP contribution is 2.31. The third-order valence-electron chi connectivity index (χ3n) is 3.30. The summed E-state index contributed by atoms with van der Waals surface area (Å²) in [6.45, 7) is 1.62. The van der Waals surface area contributed by atoms with Crippen molar-refractivity contribution in [1.29, 1.82) is 0 Å². The highest BCUT2D eigenvalue weighted by Gasteiger charge is 2.31. The SMILES string of the molecule is Cc1cc(C(F)(F)F)cnc1NC1CCCC1N.Cl. The maximum atomic E-state index is 12.5. The lowest BCUT2D eigenvalue weighted by molar-refractivity contribution is -0.137. The summed E-state index contributed by atoms with van der Waals surface area (Å²) in [5, 5.41) is 3.13. The summed E-state index contributed by atoms with van der Waals surface area (Å²) in [6.07, 6.45) is -0.574. The van der Waals surface area contributed by atoms with Gasteiger partial charge in [0.2, 0.25) is 0 Å². The summed E-state index contributed by atoms with van der Waals surface area (Å²) in [7, 11) is 0. The normalized spacial score (nSPS) is 23.0. The molecule has 3 N–H and O–H groups in total. The Morgan fingerprint density at radius 3 is 2.53 bits per heavy atom. The molecular formula is C12H17ClF3N3. The first-order chi connectivity index (χ1) is 8.38. The van der Waals surface area contributed by atoms with Gasteiger partial charge in [0.15, 0.2) is 0 Å². The Labute approximate surface area is 116 Å². The van der Waals surface area contributed by atoms with Gasteiger partial charge in [-0.3, -0.25) is 0 Å². The molecule has 0 amide bonds.